The average Bonchev–Trinajstić information content (AvgIpc) is 2.52. The van der Waals surface area contributed by atoms with Gasteiger partial charge in [-0.25, -0.2) is 4.98 Å². The van der Waals surface area contributed by atoms with E-state index in [1.54, 1.807) is 19.1 Å². The van der Waals surface area contributed by atoms with E-state index in [0.29, 0.717) is 22.7 Å². The molecule has 0 saturated carbocycles. The first-order valence-electron chi connectivity index (χ1n) is 6.87. The molecule has 0 aliphatic heterocycles. The van der Waals surface area contributed by atoms with Crippen LogP contribution in [0.2, 0.25) is 0 Å². The van der Waals surface area contributed by atoms with Gasteiger partial charge in [0, 0.05) is 23.7 Å². The standard InChI is InChI=1S/C15H15F2N3O4/c1-9-5-14(19-8-12(9)20(21)22)18-7-10-3-4-11(23-2)6-13(10)24-15(16)17/h3-6,8,15H,7H2,1-2H3,(H,18,19). The van der Waals surface area contributed by atoms with Crippen LogP contribution in [0.4, 0.5) is 20.3 Å². The molecule has 0 spiro atoms. The van der Waals surface area contributed by atoms with Crippen molar-refractivity contribution in [3.8, 4) is 11.5 Å². The highest BCUT2D eigenvalue weighted by atomic mass is 19.3. The van der Waals surface area contributed by atoms with E-state index in [1.807, 2.05) is 0 Å². The van der Waals surface area contributed by atoms with E-state index in [-0.39, 0.29) is 18.0 Å². The van der Waals surface area contributed by atoms with Crippen molar-refractivity contribution >= 4 is 11.5 Å². The van der Waals surface area contributed by atoms with E-state index in [9.17, 15) is 18.9 Å². The number of ether oxygens (including phenoxy) is 2. The number of nitrogens with one attached hydrogen (secondary N) is 1. The second kappa shape index (κ2) is 7.53. The number of aryl methyl sites for hydroxylation is 1. The van der Waals surface area contributed by atoms with Crippen molar-refractivity contribution in [3.05, 3.63) is 51.7 Å². The fourth-order valence-electron chi connectivity index (χ4n) is 2.04. The zero-order valence-electron chi connectivity index (χ0n) is 13.0. The molecule has 2 rings (SSSR count). The maximum atomic E-state index is 12.5. The predicted molar refractivity (Wildman–Crippen MR) is 82.6 cm³/mol. The van der Waals surface area contributed by atoms with Crippen molar-refractivity contribution in [3.63, 3.8) is 0 Å². The number of methoxy groups -OCH3 is 1. The summed E-state index contributed by atoms with van der Waals surface area (Å²) < 4.78 is 34.5. The van der Waals surface area contributed by atoms with Gasteiger partial charge in [0.1, 0.15) is 23.5 Å². The third-order valence-electron chi connectivity index (χ3n) is 3.23. The van der Waals surface area contributed by atoms with Gasteiger partial charge in [-0.15, -0.1) is 0 Å². The molecule has 2 aromatic rings. The number of nitro groups is 1. The Morgan fingerprint density at radius 1 is 1.38 bits per heavy atom. The molecule has 9 heteroatoms. The van der Waals surface area contributed by atoms with Gasteiger partial charge in [-0.05, 0) is 25.1 Å². The largest absolute Gasteiger partial charge is 0.497 e. The maximum absolute atomic E-state index is 12.5. The Bertz CT molecular complexity index is 741. The highest BCUT2D eigenvalue weighted by Crippen LogP contribution is 2.27. The summed E-state index contributed by atoms with van der Waals surface area (Å²) in [4.78, 5) is 14.2. The minimum absolute atomic E-state index is 0.0181. The Morgan fingerprint density at radius 3 is 2.71 bits per heavy atom. The van der Waals surface area contributed by atoms with Crippen molar-refractivity contribution in [2.24, 2.45) is 0 Å². The van der Waals surface area contributed by atoms with Crippen LogP contribution < -0.4 is 14.8 Å². The predicted octanol–water partition coefficient (Wildman–Crippen LogP) is 3.52. The summed E-state index contributed by atoms with van der Waals surface area (Å²) in [6, 6.07) is 6.07. The zero-order chi connectivity index (χ0) is 17.7. The fraction of sp³-hybridized carbons (Fsp3) is 0.267. The molecule has 0 fully saturated rings. The van der Waals surface area contributed by atoms with Crippen LogP contribution in [0.15, 0.2) is 30.5 Å². The number of anilines is 1. The lowest BCUT2D eigenvalue weighted by Gasteiger charge is -2.13. The quantitative estimate of drug-likeness (QED) is 0.613. The van der Waals surface area contributed by atoms with Gasteiger partial charge in [0.2, 0.25) is 0 Å². The smallest absolute Gasteiger partial charge is 0.387 e. The summed E-state index contributed by atoms with van der Waals surface area (Å²) in [6.45, 7) is -1.23. The normalized spacial score (nSPS) is 10.5. The molecule has 0 unspecified atom stereocenters. The molecular weight excluding hydrogens is 324 g/mol. The van der Waals surface area contributed by atoms with Crippen molar-refractivity contribution in [2.45, 2.75) is 20.1 Å². The number of hydrogen-bond donors (Lipinski definition) is 1. The second-order valence-electron chi connectivity index (χ2n) is 4.82. The Morgan fingerprint density at radius 2 is 2.12 bits per heavy atom. The molecule has 24 heavy (non-hydrogen) atoms. The summed E-state index contributed by atoms with van der Waals surface area (Å²) in [5.41, 5.74) is 0.817. The van der Waals surface area contributed by atoms with Crippen LogP contribution in [0.1, 0.15) is 11.1 Å². The Balaban J connectivity index is 2.16. The van der Waals surface area contributed by atoms with Gasteiger partial charge in [0.25, 0.3) is 5.69 Å². The van der Waals surface area contributed by atoms with E-state index >= 15 is 0 Å². The van der Waals surface area contributed by atoms with Gasteiger partial charge in [-0.3, -0.25) is 10.1 Å². The maximum Gasteiger partial charge on any atom is 0.387 e. The van der Waals surface area contributed by atoms with E-state index in [1.165, 1.54) is 19.2 Å². The van der Waals surface area contributed by atoms with Crippen molar-refractivity contribution < 1.29 is 23.2 Å². The van der Waals surface area contributed by atoms with Crippen molar-refractivity contribution in [2.75, 3.05) is 12.4 Å². The molecule has 0 bridgehead atoms. The summed E-state index contributed by atoms with van der Waals surface area (Å²) in [5.74, 6) is 0.756. The van der Waals surface area contributed by atoms with E-state index < -0.39 is 11.5 Å². The first kappa shape index (κ1) is 17.4. The van der Waals surface area contributed by atoms with Crippen molar-refractivity contribution in [1.82, 2.24) is 4.98 Å². The lowest BCUT2D eigenvalue weighted by Crippen LogP contribution is -2.08. The van der Waals surface area contributed by atoms with Crippen LogP contribution in [0, 0.1) is 17.0 Å². The molecule has 0 aliphatic carbocycles. The van der Waals surface area contributed by atoms with Gasteiger partial charge in [-0.2, -0.15) is 8.78 Å². The highest BCUT2D eigenvalue weighted by molar-refractivity contribution is 5.48. The number of aromatic nitrogens is 1. The lowest BCUT2D eigenvalue weighted by molar-refractivity contribution is -0.385. The Kier molecular flexibility index (Phi) is 5.46. The molecule has 0 amide bonds. The van der Waals surface area contributed by atoms with E-state index in [0.717, 1.165) is 6.20 Å². The Hall–Kier alpha value is -2.97. The summed E-state index contributed by atoms with van der Waals surface area (Å²) in [5, 5.41) is 13.7. The van der Waals surface area contributed by atoms with Gasteiger partial charge < -0.3 is 14.8 Å². The Labute approximate surface area is 136 Å². The van der Waals surface area contributed by atoms with E-state index in [2.05, 4.69) is 15.0 Å². The first-order valence-corrected chi connectivity index (χ1v) is 6.87. The minimum atomic E-state index is -2.96. The van der Waals surface area contributed by atoms with Gasteiger partial charge in [0.15, 0.2) is 0 Å². The number of rotatable bonds is 7. The summed E-state index contributed by atoms with van der Waals surface area (Å²) >= 11 is 0. The number of pyridine rings is 1. The number of alkyl halides is 2. The fourth-order valence-corrected chi connectivity index (χ4v) is 2.04. The summed E-state index contributed by atoms with van der Waals surface area (Å²) in [6.07, 6.45) is 1.14. The molecule has 0 atom stereocenters. The molecule has 0 aliphatic rings. The van der Waals surface area contributed by atoms with Crippen LogP contribution in [0.5, 0.6) is 11.5 Å². The topological polar surface area (TPSA) is 86.5 Å². The second-order valence-corrected chi connectivity index (χ2v) is 4.82. The van der Waals surface area contributed by atoms with Crippen LogP contribution >= 0.6 is 0 Å². The van der Waals surface area contributed by atoms with Gasteiger partial charge in [-0.1, -0.05) is 0 Å². The monoisotopic (exact) mass is 339 g/mol. The third-order valence-corrected chi connectivity index (χ3v) is 3.23. The van der Waals surface area contributed by atoms with Gasteiger partial charge in [0.05, 0.1) is 12.0 Å². The highest BCUT2D eigenvalue weighted by Gasteiger charge is 2.13. The summed E-state index contributed by atoms with van der Waals surface area (Å²) in [7, 11) is 1.42. The van der Waals surface area contributed by atoms with E-state index in [4.69, 9.17) is 4.74 Å². The minimum Gasteiger partial charge on any atom is -0.497 e. The SMILES string of the molecule is COc1ccc(CNc2cc(C)c([N+](=O)[O-])cn2)c(OC(F)F)c1. The molecule has 1 N–H and O–H groups in total. The van der Waals surface area contributed by atoms with Crippen LogP contribution in [0.3, 0.4) is 0 Å². The molecule has 0 radical (unpaired) electrons. The number of halogens is 2. The molecule has 7 nitrogen and oxygen atoms in total. The number of nitrogens with zero attached hydrogens (tertiary/aromatic N) is 2. The van der Waals surface area contributed by atoms with Crippen LogP contribution in [-0.4, -0.2) is 23.6 Å². The third kappa shape index (κ3) is 4.28. The first-order chi connectivity index (χ1) is 11.4. The number of hydrogen-bond acceptors (Lipinski definition) is 6. The molecule has 1 aromatic carbocycles. The number of benzene rings is 1. The van der Waals surface area contributed by atoms with Crippen LogP contribution in [0.25, 0.3) is 0 Å². The molecule has 1 aromatic heterocycles. The van der Waals surface area contributed by atoms with Crippen LogP contribution in [-0.2, 0) is 6.54 Å². The molecule has 128 valence electrons. The average molecular weight is 339 g/mol. The lowest BCUT2D eigenvalue weighted by atomic mass is 10.2. The molecule has 0 saturated heterocycles. The molecule has 1 heterocycles. The van der Waals surface area contributed by atoms with Crippen molar-refractivity contribution in [1.29, 1.82) is 0 Å². The molecular formula is C15H15F2N3O4. The zero-order valence-corrected chi connectivity index (χ0v) is 13.0. The van der Waals surface area contributed by atoms with Gasteiger partial charge >= 0.3 is 6.61 Å².